The Morgan fingerprint density at radius 3 is 2.76 bits per heavy atom. The van der Waals surface area contributed by atoms with Gasteiger partial charge >= 0.3 is 0 Å². The normalized spacial score (nSPS) is 12.6. The van der Waals surface area contributed by atoms with Crippen molar-refractivity contribution in [1.82, 2.24) is 15.3 Å². The highest BCUT2D eigenvalue weighted by molar-refractivity contribution is 5.89. The van der Waals surface area contributed by atoms with Crippen LogP contribution in [0.3, 0.4) is 0 Å². The number of nitrogens with one attached hydrogen (secondary N) is 2. The molecule has 132 valence electrons. The molecule has 0 amide bonds. The molecule has 2 aromatic heterocycles. The summed E-state index contributed by atoms with van der Waals surface area (Å²) in [5.41, 5.74) is 3.52. The zero-order chi connectivity index (χ0) is 17.6. The molecule has 3 rings (SSSR count). The van der Waals surface area contributed by atoms with E-state index in [9.17, 15) is 0 Å². The van der Waals surface area contributed by atoms with Gasteiger partial charge < -0.3 is 15.0 Å². The largest absolute Gasteiger partial charge is 0.496 e. The third-order valence-corrected chi connectivity index (χ3v) is 4.51. The average molecular weight is 337 g/mol. The first-order valence-electron chi connectivity index (χ1n) is 8.96. The quantitative estimate of drug-likeness (QED) is 0.637. The summed E-state index contributed by atoms with van der Waals surface area (Å²) in [5.74, 6) is 1.55. The molecule has 4 heteroatoms. The van der Waals surface area contributed by atoms with Crippen molar-refractivity contribution in [2.45, 2.75) is 32.7 Å². The van der Waals surface area contributed by atoms with Gasteiger partial charge in [-0.1, -0.05) is 26.0 Å². The van der Waals surface area contributed by atoms with E-state index in [2.05, 4.69) is 53.5 Å². The fraction of sp³-hybridized carbons (Fsp3) is 0.381. The minimum Gasteiger partial charge on any atom is -0.496 e. The van der Waals surface area contributed by atoms with Gasteiger partial charge in [0.15, 0.2) is 0 Å². The Morgan fingerprint density at radius 1 is 1.16 bits per heavy atom. The highest BCUT2D eigenvalue weighted by atomic mass is 16.5. The van der Waals surface area contributed by atoms with Gasteiger partial charge in [0.25, 0.3) is 0 Å². The Morgan fingerprint density at radius 2 is 2.04 bits per heavy atom. The Labute approximate surface area is 149 Å². The van der Waals surface area contributed by atoms with E-state index in [0.717, 1.165) is 36.3 Å². The van der Waals surface area contributed by atoms with Crippen molar-refractivity contribution in [3.63, 3.8) is 0 Å². The number of hydrogen-bond donors (Lipinski definition) is 2. The van der Waals surface area contributed by atoms with Gasteiger partial charge in [-0.25, -0.2) is 0 Å². The maximum atomic E-state index is 5.53. The molecule has 2 heterocycles. The summed E-state index contributed by atoms with van der Waals surface area (Å²) in [6, 6.07) is 12.5. The smallest absolute Gasteiger partial charge is 0.128 e. The Bertz CT molecular complexity index is 795. The van der Waals surface area contributed by atoms with Crippen LogP contribution in [0.1, 0.15) is 37.6 Å². The summed E-state index contributed by atoms with van der Waals surface area (Å²) in [5, 5.41) is 4.88. The van der Waals surface area contributed by atoms with Crippen molar-refractivity contribution in [3.8, 4) is 5.75 Å². The molecular formula is C21H27N3O. The number of fused-ring (bicyclic) bond motifs is 1. The van der Waals surface area contributed by atoms with Crippen LogP contribution < -0.4 is 10.1 Å². The second kappa shape index (κ2) is 8.17. The van der Waals surface area contributed by atoms with E-state index in [1.165, 1.54) is 10.9 Å². The highest BCUT2D eigenvalue weighted by Crippen LogP contribution is 2.29. The highest BCUT2D eigenvalue weighted by Gasteiger charge is 2.15. The van der Waals surface area contributed by atoms with Crippen LogP contribution in [0.15, 0.2) is 48.8 Å². The number of H-pyrrole nitrogens is 1. The monoisotopic (exact) mass is 337 g/mol. The lowest BCUT2D eigenvalue weighted by atomic mass is 10.00. The number of rotatable bonds is 8. The number of nitrogens with zero attached hydrogens (tertiary/aromatic N) is 1. The Kier molecular flexibility index (Phi) is 5.71. The van der Waals surface area contributed by atoms with Crippen LogP contribution in [0.4, 0.5) is 0 Å². The second-order valence-electron chi connectivity index (χ2n) is 6.84. The van der Waals surface area contributed by atoms with Gasteiger partial charge in [0, 0.05) is 29.3 Å². The Balaban J connectivity index is 1.70. The molecule has 2 N–H and O–H groups in total. The van der Waals surface area contributed by atoms with Gasteiger partial charge in [-0.05, 0) is 55.1 Å². The number of aromatic amines is 1. The van der Waals surface area contributed by atoms with Crippen LogP contribution in [-0.2, 0) is 6.42 Å². The lowest BCUT2D eigenvalue weighted by Crippen LogP contribution is -2.25. The molecule has 1 atom stereocenters. The molecular weight excluding hydrogens is 310 g/mol. The first kappa shape index (κ1) is 17.5. The molecule has 0 aliphatic rings. The van der Waals surface area contributed by atoms with Crippen molar-refractivity contribution in [2.75, 3.05) is 13.7 Å². The summed E-state index contributed by atoms with van der Waals surface area (Å²) in [6.07, 6.45) is 5.98. The van der Waals surface area contributed by atoms with E-state index in [1.54, 1.807) is 7.11 Å². The predicted octanol–water partition coefficient (Wildman–Crippen LogP) is 4.49. The summed E-state index contributed by atoms with van der Waals surface area (Å²) >= 11 is 0. The molecule has 1 aromatic carbocycles. The van der Waals surface area contributed by atoms with Gasteiger partial charge in [0.2, 0.25) is 0 Å². The van der Waals surface area contributed by atoms with Crippen LogP contribution in [0.2, 0.25) is 0 Å². The SMILES string of the molecule is COc1cccc2[nH]cc(CCNC(CC(C)C)c3ccccn3)c12. The number of benzene rings is 1. The molecule has 0 radical (unpaired) electrons. The van der Waals surface area contributed by atoms with E-state index in [4.69, 9.17) is 4.74 Å². The van der Waals surface area contributed by atoms with Gasteiger partial charge in [-0.3, -0.25) is 4.98 Å². The standard InChI is InChI=1S/C21H27N3O/c1-15(2)13-19(17-7-4-5-11-22-17)23-12-10-16-14-24-18-8-6-9-20(25-3)21(16)18/h4-9,11,14-15,19,23-24H,10,12-13H2,1-3H3. The number of hydrogen-bond acceptors (Lipinski definition) is 3. The third-order valence-electron chi connectivity index (χ3n) is 4.51. The average Bonchev–Trinajstić information content (AvgIpc) is 3.04. The fourth-order valence-corrected chi connectivity index (χ4v) is 3.33. The summed E-state index contributed by atoms with van der Waals surface area (Å²) in [6.45, 7) is 5.41. The third kappa shape index (κ3) is 4.20. The number of ether oxygens (including phenoxy) is 1. The molecule has 0 fully saturated rings. The molecule has 0 saturated carbocycles. The molecule has 25 heavy (non-hydrogen) atoms. The van der Waals surface area contributed by atoms with Crippen LogP contribution in [0.25, 0.3) is 10.9 Å². The van der Waals surface area contributed by atoms with E-state index < -0.39 is 0 Å². The maximum absolute atomic E-state index is 5.53. The minimum absolute atomic E-state index is 0.285. The van der Waals surface area contributed by atoms with Gasteiger partial charge in [0.05, 0.1) is 12.8 Å². The molecule has 0 saturated heterocycles. The predicted molar refractivity (Wildman–Crippen MR) is 103 cm³/mol. The van der Waals surface area contributed by atoms with Crippen LogP contribution in [0.5, 0.6) is 5.75 Å². The minimum atomic E-state index is 0.285. The van der Waals surface area contributed by atoms with Gasteiger partial charge in [-0.15, -0.1) is 0 Å². The summed E-state index contributed by atoms with van der Waals surface area (Å²) < 4.78 is 5.53. The molecule has 0 spiro atoms. The first-order valence-corrected chi connectivity index (χ1v) is 8.96. The molecule has 3 aromatic rings. The fourth-order valence-electron chi connectivity index (χ4n) is 3.33. The first-order chi connectivity index (χ1) is 12.2. The van der Waals surface area contributed by atoms with Crippen LogP contribution in [0, 0.1) is 5.92 Å². The van der Waals surface area contributed by atoms with Crippen LogP contribution in [-0.4, -0.2) is 23.6 Å². The molecule has 1 unspecified atom stereocenters. The van der Waals surface area contributed by atoms with Crippen molar-refractivity contribution in [3.05, 3.63) is 60.0 Å². The maximum Gasteiger partial charge on any atom is 0.128 e. The Hall–Kier alpha value is -2.33. The van der Waals surface area contributed by atoms with E-state index in [1.807, 2.05) is 24.4 Å². The van der Waals surface area contributed by atoms with E-state index in [-0.39, 0.29) is 6.04 Å². The van der Waals surface area contributed by atoms with Crippen molar-refractivity contribution in [2.24, 2.45) is 5.92 Å². The molecule has 0 aliphatic carbocycles. The van der Waals surface area contributed by atoms with E-state index in [0.29, 0.717) is 5.92 Å². The molecule has 4 nitrogen and oxygen atoms in total. The topological polar surface area (TPSA) is 49.9 Å². The lowest BCUT2D eigenvalue weighted by molar-refractivity contribution is 0.418. The molecule has 0 aliphatic heterocycles. The van der Waals surface area contributed by atoms with Crippen molar-refractivity contribution < 1.29 is 4.74 Å². The number of methoxy groups -OCH3 is 1. The van der Waals surface area contributed by atoms with E-state index >= 15 is 0 Å². The lowest BCUT2D eigenvalue weighted by Gasteiger charge is -2.20. The van der Waals surface area contributed by atoms with Gasteiger partial charge in [-0.2, -0.15) is 0 Å². The number of aromatic nitrogens is 2. The second-order valence-corrected chi connectivity index (χ2v) is 6.84. The summed E-state index contributed by atoms with van der Waals surface area (Å²) in [4.78, 5) is 7.88. The van der Waals surface area contributed by atoms with Crippen LogP contribution >= 0.6 is 0 Å². The van der Waals surface area contributed by atoms with Gasteiger partial charge in [0.1, 0.15) is 5.75 Å². The number of pyridine rings is 1. The van der Waals surface area contributed by atoms with Crippen molar-refractivity contribution in [1.29, 1.82) is 0 Å². The summed E-state index contributed by atoms with van der Waals surface area (Å²) in [7, 11) is 1.73. The zero-order valence-corrected chi connectivity index (χ0v) is 15.3. The molecule has 0 bridgehead atoms. The zero-order valence-electron chi connectivity index (χ0n) is 15.3. The van der Waals surface area contributed by atoms with Crippen molar-refractivity contribution >= 4 is 10.9 Å².